The van der Waals surface area contributed by atoms with Gasteiger partial charge in [0.05, 0.1) is 12.6 Å². The van der Waals surface area contributed by atoms with Crippen molar-refractivity contribution in [1.82, 2.24) is 20.5 Å². The number of piperidine rings is 3. The van der Waals surface area contributed by atoms with Crippen LogP contribution in [-0.4, -0.2) is 61.2 Å². The fourth-order valence-electron chi connectivity index (χ4n) is 5.76. The van der Waals surface area contributed by atoms with E-state index in [1.165, 1.54) is 32.2 Å². The molecule has 2 bridgehead atoms. The second-order valence-electron chi connectivity index (χ2n) is 8.72. The van der Waals surface area contributed by atoms with Crippen LogP contribution < -0.4 is 15.4 Å². The number of nitrogens with zero attached hydrogens (tertiary/aromatic N) is 2. The summed E-state index contributed by atoms with van der Waals surface area (Å²) < 4.78 is 5.50. The highest BCUT2D eigenvalue weighted by molar-refractivity contribution is 5.97. The molecule has 0 unspecified atom stereocenters. The molecule has 2 aromatic rings. The number of rotatable bonds is 4. The highest BCUT2D eigenvalue weighted by Crippen LogP contribution is 2.38. The van der Waals surface area contributed by atoms with Gasteiger partial charge in [0.15, 0.2) is 0 Å². The van der Waals surface area contributed by atoms with E-state index in [1.807, 2.05) is 24.3 Å². The lowest BCUT2D eigenvalue weighted by molar-refractivity contribution is -0.0371. The van der Waals surface area contributed by atoms with E-state index in [0.29, 0.717) is 36.0 Å². The molecule has 4 atom stereocenters. The standard InChI is InChI=1S/C23H30N4O2.2ClH/c1-29-22-11-19(26-18-7-3-2-6-17(18)22)23(28)25-14-21-16-10-15(12-24-13-16)20-8-4-5-9-27(20)21;;/h2-3,6-7,11,15-16,20-21,24H,4-5,8-10,12-14H2,1H3,(H,25,28);2*1H/t15-,16+,20+,21+;;/m1../s1. The molecular formula is C23H32Cl2N4O2. The van der Waals surface area contributed by atoms with Crippen molar-refractivity contribution in [2.24, 2.45) is 11.8 Å². The average Bonchev–Trinajstić information content (AvgIpc) is 2.78. The Morgan fingerprint density at radius 3 is 2.87 bits per heavy atom. The summed E-state index contributed by atoms with van der Waals surface area (Å²) in [7, 11) is 1.63. The lowest BCUT2D eigenvalue weighted by Gasteiger charge is -2.55. The number of para-hydroxylation sites is 1. The number of carbonyl (C=O) groups excluding carboxylic acids is 1. The van der Waals surface area contributed by atoms with Gasteiger partial charge in [0.25, 0.3) is 5.91 Å². The monoisotopic (exact) mass is 466 g/mol. The predicted molar refractivity (Wildman–Crippen MR) is 128 cm³/mol. The fraction of sp³-hybridized carbons (Fsp3) is 0.565. The molecule has 0 saturated carbocycles. The molecule has 0 aliphatic carbocycles. The van der Waals surface area contributed by atoms with Gasteiger partial charge in [0.2, 0.25) is 0 Å². The lowest BCUT2D eigenvalue weighted by atomic mass is 9.73. The van der Waals surface area contributed by atoms with Crippen LogP contribution in [0.1, 0.15) is 36.2 Å². The Bertz CT molecular complexity index is 912. The number of halogens is 2. The van der Waals surface area contributed by atoms with Crippen LogP contribution >= 0.6 is 24.8 Å². The molecule has 3 fully saturated rings. The minimum Gasteiger partial charge on any atom is -0.496 e. The van der Waals surface area contributed by atoms with Gasteiger partial charge in [-0.15, -0.1) is 24.8 Å². The van der Waals surface area contributed by atoms with E-state index in [-0.39, 0.29) is 30.7 Å². The molecule has 170 valence electrons. The smallest absolute Gasteiger partial charge is 0.270 e. The van der Waals surface area contributed by atoms with Crippen molar-refractivity contribution in [3.63, 3.8) is 0 Å². The van der Waals surface area contributed by atoms with Gasteiger partial charge in [-0.3, -0.25) is 9.69 Å². The first-order valence-electron chi connectivity index (χ1n) is 10.9. The number of fused-ring (bicyclic) bond motifs is 5. The third-order valence-electron chi connectivity index (χ3n) is 7.13. The summed E-state index contributed by atoms with van der Waals surface area (Å²) in [6.07, 6.45) is 5.20. The normalized spacial score (nSPS) is 27.4. The van der Waals surface area contributed by atoms with Gasteiger partial charge in [0.1, 0.15) is 11.4 Å². The minimum absolute atomic E-state index is 0. The molecule has 0 radical (unpaired) electrons. The maximum absolute atomic E-state index is 13.0. The molecule has 4 heterocycles. The summed E-state index contributed by atoms with van der Waals surface area (Å²) in [4.78, 5) is 20.2. The number of methoxy groups -OCH3 is 1. The zero-order valence-electron chi connectivity index (χ0n) is 17.9. The van der Waals surface area contributed by atoms with E-state index < -0.39 is 0 Å². The highest BCUT2D eigenvalue weighted by atomic mass is 35.5. The second-order valence-corrected chi connectivity index (χ2v) is 8.72. The summed E-state index contributed by atoms with van der Waals surface area (Å²) in [5.74, 6) is 1.96. The highest BCUT2D eigenvalue weighted by Gasteiger charge is 2.45. The van der Waals surface area contributed by atoms with Crippen molar-refractivity contribution in [3.05, 3.63) is 36.0 Å². The van der Waals surface area contributed by atoms with E-state index >= 15 is 0 Å². The molecule has 3 saturated heterocycles. The average molecular weight is 467 g/mol. The number of hydrogen-bond acceptors (Lipinski definition) is 5. The van der Waals surface area contributed by atoms with Crippen LogP contribution in [0.15, 0.2) is 30.3 Å². The van der Waals surface area contributed by atoms with E-state index in [2.05, 4.69) is 20.5 Å². The van der Waals surface area contributed by atoms with Crippen LogP contribution in [0.2, 0.25) is 0 Å². The Balaban J connectivity index is 0.00000136. The van der Waals surface area contributed by atoms with E-state index in [0.717, 1.165) is 29.9 Å². The number of carbonyl (C=O) groups is 1. The number of ether oxygens (including phenoxy) is 1. The van der Waals surface area contributed by atoms with Gasteiger partial charge in [-0.2, -0.15) is 0 Å². The topological polar surface area (TPSA) is 66.5 Å². The Hall–Kier alpha value is -1.60. The van der Waals surface area contributed by atoms with Gasteiger partial charge < -0.3 is 15.4 Å². The molecule has 1 aromatic heterocycles. The van der Waals surface area contributed by atoms with Crippen LogP contribution in [-0.2, 0) is 0 Å². The van der Waals surface area contributed by atoms with Gasteiger partial charge in [0, 0.05) is 30.1 Å². The predicted octanol–water partition coefficient (Wildman–Crippen LogP) is 3.28. The quantitative estimate of drug-likeness (QED) is 0.723. The molecule has 1 aromatic carbocycles. The van der Waals surface area contributed by atoms with Gasteiger partial charge >= 0.3 is 0 Å². The number of benzene rings is 1. The van der Waals surface area contributed by atoms with Crippen LogP contribution in [0.25, 0.3) is 10.9 Å². The molecule has 0 spiro atoms. The third kappa shape index (κ3) is 4.63. The Labute approximate surface area is 196 Å². The Morgan fingerprint density at radius 2 is 2.03 bits per heavy atom. The SMILES string of the molecule is COc1cc(C(=O)NC[C@H]2[C@@H]3CNC[C@@H](C3)[C@@H]3CCCCN32)nc2ccccc12.Cl.Cl. The number of nitrogens with one attached hydrogen (secondary N) is 2. The maximum Gasteiger partial charge on any atom is 0.270 e. The van der Waals surface area contributed by atoms with Crippen molar-refractivity contribution >= 4 is 41.6 Å². The summed E-state index contributed by atoms with van der Waals surface area (Å²) in [6.45, 7) is 4.06. The van der Waals surface area contributed by atoms with E-state index in [9.17, 15) is 4.79 Å². The lowest BCUT2D eigenvalue weighted by Crippen LogP contribution is -2.65. The van der Waals surface area contributed by atoms with Crippen LogP contribution in [0.5, 0.6) is 5.75 Å². The van der Waals surface area contributed by atoms with Crippen molar-refractivity contribution in [2.45, 2.75) is 37.8 Å². The summed E-state index contributed by atoms with van der Waals surface area (Å²) >= 11 is 0. The van der Waals surface area contributed by atoms with Crippen LogP contribution in [0.3, 0.4) is 0 Å². The Kier molecular flexibility index (Phi) is 8.03. The van der Waals surface area contributed by atoms with Gasteiger partial charge in [-0.25, -0.2) is 4.98 Å². The third-order valence-corrected chi connectivity index (χ3v) is 7.13. The molecule has 6 nitrogen and oxygen atoms in total. The van der Waals surface area contributed by atoms with Crippen LogP contribution in [0, 0.1) is 11.8 Å². The zero-order valence-corrected chi connectivity index (χ0v) is 19.5. The molecule has 5 rings (SSSR count). The number of pyridine rings is 1. The molecule has 8 heteroatoms. The van der Waals surface area contributed by atoms with Crippen molar-refractivity contribution in [2.75, 3.05) is 33.3 Å². The van der Waals surface area contributed by atoms with Crippen molar-refractivity contribution in [1.29, 1.82) is 0 Å². The fourth-order valence-corrected chi connectivity index (χ4v) is 5.76. The molecule has 3 aliphatic rings. The van der Waals surface area contributed by atoms with Gasteiger partial charge in [-0.05, 0) is 62.9 Å². The first kappa shape index (κ1) is 24.1. The summed E-state index contributed by atoms with van der Waals surface area (Å²) in [5, 5.41) is 7.76. The molecule has 1 amide bonds. The van der Waals surface area contributed by atoms with Crippen molar-refractivity contribution in [3.8, 4) is 5.75 Å². The number of hydrogen-bond donors (Lipinski definition) is 2. The first-order valence-corrected chi connectivity index (χ1v) is 10.9. The van der Waals surface area contributed by atoms with Crippen LogP contribution in [0.4, 0.5) is 0 Å². The second kappa shape index (κ2) is 10.3. The number of amides is 1. The maximum atomic E-state index is 13.0. The minimum atomic E-state index is -0.117. The van der Waals surface area contributed by atoms with Crippen molar-refractivity contribution < 1.29 is 9.53 Å². The summed E-state index contributed by atoms with van der Waals surface area (Å²) in [5.41, 5.74) is 1.20. The first-order chi connectivity index (χ1) is 14.2. The summed E-state index contributed by atoms with van der Waals surface area (Å²) in [6, 6.07) is 10.6. The molecular weight excluding hydrogens is 435 g/mol. The van der Waals surface area contributed by atoms with E-state index in [4.69, 9.17) is 4.74 Å². The molecule has 2 N–H and O–H groups in total. The number of aromatic nitrogens is 1. The Morgan fingerprint density at radius 1 is 1.23 bits per heavy atom. The molecule has 3 aliphatic heterocycles. The van der Waals surface area contributed by atoms with Gasteiger partial charge in [-0.1, -0.05) is 18.6 Å². The zero-order chi connectivity index (χ0) is 19.8. The van der Waals surface area contributed by atoms with E-state index in [1.54, 1.807) is 13.2 Å². The molecule has 31 heavy (non-hydrogen) atoms. The largest absolute Gasteiger partial charge is 0.496 e.